The summed E-state index contributed by atoms with van der Waals surface area (Å²) in [6.45, 7) is 0. The van der Waals surface area contributed by atoms with E-state index in [4.69, 9.17) is 28.9 Å². The molecule has 0 saturated carbocycles. The molecule has 0 fully saturated rings. The molecule has 0 heterocycles. The van der Waals surface area contributed by atoms with Crippen LogP contribution < -0.4 is 11.1 Å². The summed E-state index contributed by atoms with van der Waals surface area (Å²) >= 11 is 12.4. The highest BCUT2D eigenvalue weighted by Gasteiger charge is 2.23. The van der Waals surface area contributed by atoms with Crippen molar-refractivity contribution in [3.8, 4) is 0 Å². The van der Waals surface area contributed by atoms with Crippen LogP contribution in [-0.2, 0) is 4.79 Å². The Morgan fingerprint density at radius 3 is 2.22 bits per heavy atom. The topological polar surface area (TPSA) is 55.1 Å². The fourth-order valence-electron chi connectivity index (χ4n) is 2.52. The number of nitrogens with one attached hydrogen (secondary N) is 1. The van der Waals surface area contributed by atoms with Crippen LogP contribution in [0.3, 0.4) is 0 Å². The molecule has 1 unspecified atom stereocenters. The van der Waals surface area contributed by atoms with Crippen molar-refractivity contribution in [1.82, 2.24) is 0 Å². The number of nitrogens with two attached hydrogens (primary N) is 1. The first-order valence-corrected chi connectivity index (χ1v) is 7.80. The van der Waals surface area contributed by atoms with E-state index in [-0.39, 0.29) is 0 Å². The van der Waals surface area contributed by atoms with Gasteiger partial charge in [0.15, 0.2) is 0 Å². The van der Waals surface area contributed by atoms with Gasteiger partial charge in [-0.1, -0.05) is 59.6 Å². The Hall–Kier alpha value is -2.23. The van der Waals surface area contributed by atoms with Crippen LogP contribution in [0.25, 0.3) is 10.8 Å². The molecule has 1 atom stereocenters. The summed E-state index contributed by atoms with van der Waals surface area (Å²) in [5, 5.41) is 6.10. The first-order chi connectivity index (χ1) is 11.1. The zero-order chi connectivity index (χ0) is 16.4. The maximum Gasteiger partial charge on any atom is 0.244 e. The molecule has 0 bridgehead atoms. The van der Waals surface area contributed by atoms with Crippen LogP contribution in [-0.4, -0.2) is 5.91 Å². The van der Waals surface area contributed by atoms with E-state index in [1.807, 2.05) is 42.5 Å². The van der Waals surface area contributed by atoms with E-state index < -0.39 is 11.9 Å². The number of anilines is 1. The molecule has 23 heavy (non-hydrogen) atoms. The van der Waals surface area contributed by atoms with Gasteiger partial charge in [-0.3, -0.25) is 4.79 Å². The molecule has 3 aromatic rings. The van der Waals surface area contributed by atoms with Crippen molar-refractivity contribution in [2.45, 2.75) is 6.04 Å². The SMILES string of the molecule is NC(=O)C(Nc1ccc2ccccc2c1)c1c(Cl)cccc1Cl. The van der Waals surface area contributed by atoms with Gasteiger partial charge in [-0.25, -0.2) is 0 Å². The van der Waals surface area contributed by atoms with Crippen LogP contribution in [0, 0.1) is 0 Å². The normalized spacial score (nSPS) is 12.1. The van der Waals surface area contributed by atoms with Crippen LogP contribution in [0.1, 0.15) is 11.6 Å². The van der Waals surface area contributed by atoms with Gasteiger partial charge in [0.2, 0.25) is 5.91 Å². The van der Waals surface area contributed by atoms with Gasteiger partial charge in [-0.05, 0) is 35.0 Å². The lowest BCUT2D eigenvalue weighted by atomic mass is 10.0. The lowest BCUT2D eigenvalue weighted by Crippen LogP contribution is -2.28. The Kier molecular flexibility index (Phi) is 4.42. The number of primary amides is 1. The number of carbonyl (C=O) groups is 1. The van der Waals surface area contributed by atoms with Crippen molar-refractivity contribution in [3.63, 3.8) is 0 Å². The lowest BCUT2D eigenvalue weighted by Gasteiger charge is -2.20. The Morgan fingerprint density at radius 2 is 1.57 bits per heavy atom. The minimum absolute atomic E-state index is 0.398. The van der Waals surface area contributed by atoms with E-state index in [1.54, 1.807) is 18.2 Å². The molecular formula is C18H14Cl2N2O. The van der Waals surface area contributed by atoms with Gasteiger partial charge < -0.3 is 11.1 Å². The second-order valence-corrected chi connectivity index (χ2v) is 5.99. The van der Waals surface area contributed by atoms with Crippen molar-refractivity contribution in [3.05, 3.63) is 76.3 Å². The maximum atomic E-state index is 11.9. The Labute approximate surface area is 144 Å². The van der Waals surface area contributed by atoms with Crippen LogP contribution in [0.5, 0.6) is 0 Å². The number of amides is 1. The minimum atomic E-state index is -0.808. The Morgan fingerprint density at radius 1 is 0.913 bits per heavy atom. The van der Waals surface area contributed by atoms with Crippen LogP contribution in [0.15, 0.2) is 60.7 Å². The lowest BCUT2D eigenvalue weighted by molar-refractivity contribution is -0.118. The Balaban J connectivity index is 2.00. The molecule has 3 N–H and O–H groups in total. The molecule has 3 nitrogen and oxygen atoms in total. The van der Waals surface area contributed by atoms with E-state index in [9.17, 15) is 4.79 Å². The van der Waals surface area contributed by atoms with Crippen molar-refractivity contribution < 1.29 is 4.79 Å². The van der Waals surface area contributed by atoms with Crippen LogP contribution in [0.4, 0.5) is 5.69 Å². The number of hydrogen-bond acceptors (Lipinski definition) is 2. The van der Waals surface area contributed by atoms with E-state index in [2.05, 4.69) is 5.32 Å². The number of halogens is 2. The molecule has 5 heteroatoms. The average molecular weight is 345 g/mol. The number of rotatable bonds is 4. The average Bonchev–Trinajstić information content (AvgIpc) is 2.53. The zero-order valence-electron chi connectivity index (χ0n) is 12.1. The number of benzene rings is 3. The fraction of sp³-hybridized carbons (Fsp3) is 0.0556. The van der Waals surface area contributed by atoms with Gasteiger partial charge in [0.05, 0.1) is 0 Å². The number of carbonyl (C=O) groups excluding carboxylic acids is 1. The predicted octanol–water partition coefficient (Wildman–Crippen LogP) is 4.79. The molecule has 3 rings (SSSR count). The molecule has 0 aliphatic rings. The zero-order valence-corrected chi connectivity index (χ0v) is 13.6. The number of fused-ring (bicyclic) bond motifs is 1. The Bertz CT molecular complexity index is 860. The van der Waals surface area contributed by atoms with Crippen molar-refractivity contribution in [2.75, 3.05) is 5.32 Å². The second kappa shape index (κ2) is 6.49. The smallest absolute Gasteiger partial charge is 0.244 e. The maximum absolute atomic E-state index is 11.9. The molecule has 3 aromatic carbocycles. The predicted molar refractivity (Wildman–Crippen MR) is 96.0 cm³/mol. The molecule has 0 aliphatic carbocycles. The third-order valence-electron chi connectivity index (χ3n) is 3.63. The standard InChI is InChI=1S/C18H14Cl2N2O/c19-14-6-3-7-15(20)16(14)17(18(21)23)22-13-9-8-11-4-1-2-5-12(11)10-13/h1-10,17,22H,(H2,21,23). The summed E-state index contributed by atoms with van der Waals surface area (Å²) in [7, 11) is 0. The van der Waals surface area contributed by atoms with E-state index >= 15 is 0 Å². The van der Waals surface area contributed by atoms with E-state index in [0.29, 0.717) is 15.6 Å². The summed E-state index contributed by atoms with van der Waals surface area (Å²) in [6.07, 6.45) is 0. The highest BCUT2D eigenvalue weighted by molar-refractivity contribution is 6.36. The van der Waals surface area contributed by atoms with E-state index in [1.165, 1.54) is 0 Å². The highest BCUT2D eigenvalue weighted by Crippen LogP contribution is 2.33. The van der Waals surface area contributed by atoms with Crippen molar-refractivity contribution in [2.24, 2.45) is 5.73 Å². The van der Waals surface area contributed by atoms with Crippen LogP contribution >= 0.6 is 23.2 Å². The quantitative estimate of drug-likeness (QED) is 0.715. The van der Waals surface area contributed by atoms with Crippen molar-refractivity contribution >= 4 is 45.6 Å². The third-order valence-corrected chi connectivity index (χ3v) is 4.29. The van der Waals surface area contributed by atoms with Gasteiger partial charge in [0.1, 0.15) is 6.04 Å². The largest absolute Gasteiger partial charge is 0.370 e. The minimum Gasteiger partial charge on any atom is -0.370 e. The highest BCUT2D eigenvalue weighted by atomic mass is 35.5. The molecule has 0 radical (unpaired) electrons. The summed E-state index contributed by atoms with van der Waals surface area (Å²) in [5.41, 5.74) is 6.80. The first kappa shape index (κ1) is 15.7. The van der Waals surface area contributed by atoms with Crippen molar-refractivity contribution in [1.29, 1.82) is 0 Å². The third kappa shape index (κ3) is 3.26. The fourth-order valence-corrected chi connectivity index (χ4v) is 3.13. The molecular weight excluding hydrogens is 331 g/mol. The molecule has 0 spiro atoms. The van der Waals surface area contributed by atoms with Gasteiger partial charge in [-0.2, -0.15) is 0 Å². The molecule has 0 aromatic heterocycles. The van der Waals surface area contributed by atoms with Crippen LogP contribution in [0.2, 0.25) is 10.0 Å². The molecule has 0 aliphatic heterocycles. The molecule has 116 valence electrons. The monoisotopic (exact) mass is 344 g/mol. The van der Waals surface area contributed by atoms with Gasteiger partial charge in [0, 0.05) is 21.3 Å². The molecule has 1 amide bonds. The molecule has 0 saturated heterocycles. The first-order valence-electron chi connectivity index (χ1n) is 7.05. The summed E-state index contributed by atoms with van der Waals surface area (Å²) in [5.74, 6) is -0.548. The summed E-state index contributed by atoms with van der Waals surface area (Å²) in [6, 6.07) is 18.1. The summed E-state index contributed by atoms with van der Waals surface area (Å²) in [4.78, 5) is 11.9. The van der Waals surface area contributed by atoms with Gasteiger partial charge in [0.25, 0.3) is 0 Å². The number of hydrogen-bond donors (Lipinski definition) is 2. The van der Waals surface area contributed by atoms with E-state index in [0.717, 1.165) is 16.5 Å². The van der Waals surface area contributed by atoms with Gasteiger partial charge >= 0.3 is 0 Å². The van der Waals surface area contributed by atoms with Gasteiger partial charge in [-0.15, -0.1) is 0 Å². The summed E-state index contributed by atoms with van der Waals surface area (Å²) < 4.78 is 0. The second-order valence-electron chi connectivity index (χ2n) is 5.18.